The van der Waals surface area contributed by atoms with Crippen LogP contribution in [0.2, 0.25) is 0 Å². The molecule has 5 N–H and O–H groups in total. The number of carbonyl (C=O) groups is 4. The molecule has 3 atom stereocenters. The molecule has 0 bridgehead atoms. The van der Waals surface area contributed by atoms with E-state index in [0.717, 1.165) is 12.2 Å². The average molecular weight is 320 g/mol. The highest BCUT2D eigenvalue weighted by molar-refractivity contribution is 5.95. The molecule has 0 aliphatic heterocycles. The molecule has 0 fully saturated rings. The smallest absolute Gasteiger partial charge is 0.345 e. The molecule has 0 aromatic heterocycles. The zero-order valence-corrected chi connectivity index (χ0v) is 11.5. The Bertz CT molecular complexity index is 482. The summed E-state index contributed by atoms with van der Waals surface area (Å²) in [6, 6.07) is 0. The van der Waals surface area contributed by atoms with Crippen molar-refractivity contribution in [3.8, 4) is 0 Å². The van der Waals surface area contributed by atoms with E-state index in [1.807, 2.05) is 0 Å². The monoisotopic (exact) mass is 320 g/mol. The third kappa shape index (κ3) is 4.91. The Morgan fingerprint density at radius 1 is 1.18 bits per heavy atom. The quantitative estimate of drug-likeness (QED) is 0.189. The second-order valence-corrected chi connectivity index (χ2v) is 4.24. The molecule has 10 nitrogen and oxygen atoms in total. The summed E-state index contributed by atoms with van der Waals surface area (Å²) in [6.07, 6.45) is -1.37. The highest BCUT2D eigenvalue weighted by Crippen LogP contribution is 2.25. The minimum Gasteiger partial charge on any atom is -0.481 e. The number of rotatable bonds is 8. The van der Waals surface area contributed by atoms with Gasteiger partial charge >= 0.3 is 23.9 Å². The molecule has 0 rings (SSSR count). The van der Waals surface area contributed by atoms with E-state index in [4.69, 9.17) is 20.4 Å². The molecular weight excluding hydrogens is 304 g/mol. The molecule has 0 heterocycles. The summed E-state index contributed by atoms with van der Waals surface area (Å²) in [4.78, 5) is 44.8. The Morgan fingerprint density at radius 2 is 1.73 bits per heavy atom. The van der Waals surface area contributed by atoms with Gasteiger partial charge in [0, 0.05) is 0 Å². The van der Waals surface area contributed by atoms with Gasteiger partial charge in [0.2, 0.25) is 0 Å². The second-order valence-electron chi connectivity index (χ2n) is 4.24. The molecule has 124 valence electrons. The average Bonchev–Trinajstić information content (AvgIpc) is 2.42. The van der Waals surface area contributed by atoms with Crippen LogP contribution < -0.4 is 0 Å². The van der Waals surface area contributed by atoms with Crippen LogP contribution in [0, 0.1) is 5.92 Å². The van der Waals surface area contributed by atoms with Crippen molar-refractivity contribution >= 4 is 23.9 Å². The summed E-state index contributed by atoms with van der Waals surface area (Å²) in [7, 11) is 0. The number of hydrogen-bond acceptors (Lipinski definition) is 8. The maximum absolute atomic E-state index is 11.8. The molecule has 22 heavy (non-hydrogen) atoms. The predicted octanol–water partition coefficient (Wildman–Crippen LogP) is -2.11. The van der Waals surface area contributed by atoms with Crippen LogP contribution in [0.5, 0.6) is 0 Å². The molecule has 0 aromatic carbocycles. The summed E-state index contributed by atoms with van der Waals surface area (Å²) >= 11 is 0. The van der Waals surface area contributed by atoms with E-state index in [-0.39, 0.29) is 0 Å². The maximum Gasteiger partial charge on any atom is 0.345 e. The van der Waals surface area contributed by atoms with Crippen LogP contribution in [0.15, 0.2) is 12.2 Å². The molecular formula is C12H16O10. The van der Waals surface area contributed by atoms with Crippen molar-refractivity contribution in [2.24, 2.45) is 5.92 Å². The van der Waals surface area contributed by atoms with Gasteiger partial charge < -0.3 is 30.3 Å². The van der Waals surface area contributed by atoms with Crippen LogP contribution >= 0.6 is 0 Å². The molecule has 10 heteroatoms. The van der Waals surface area contributed by atoms with Gasteiger partial charge in [-0.15, -0.1) is 0 Å². The van der Waals surface area contributed by atoms with Crippen LogP contribution in [0.4, 0.5) is 0 Å². The van der Waals surface area contributed by atoms with E-state index in [2.05, 4.69) is 4.74 Å². The van der Waals surface area contributed by atoms with Crippen LogP contribution in [-0.4, -0.2) is 67.7 Å². The molecule has 0 aliphatic carbocycles. The maximum atomic E-state index is 11.8. The van der Waals surface area contributed by atoms with Crippen molar-refractivity contribution < 1.29 is 49.4 Å². The van der Waals surface area contributed by atoms with E-state index in [1.54, 1.807) is 0 Å². The molecule has 0 spiro atoms. The Balaban J connectivity index is 5.50. The number of aliphatic hydroxyl groups is 3. The summed E-state index contributed by atoms with van der Waals surface area (Å²) in [5, 5.41) is 45.1. The molecule has 0 radical (unpaired) electrons. The van der Waals surface area contributed by atoms with Gasteiger partial charge in [0.15, 0.2) is 11.7 Å². The zero-order valence-electron chi connectivity index (χ0n) is 11.5. The van der Waals surface area contributed by atoms with Gasteiger partial charge in [-0.2, -0.15) is 0 Å². The lowest BCUT2D eigenvalue weighted by Gasteiger charge is -2.27. The number of aliphatic hydroxyl groups excluding tert-OH is 2. The lowest BCUT2D eigenvalue weighted by atomic mass is 9.84. The Labute approximate surface area is 124 Å². The van der Waals surface area contributed by atoms with Gasteiger partial charge in [0.25, 0.3) is 0 Å². The third-order valence-electron chi connectivity index (χ3n) is 2.59. The molecule has 0 saturated carbocycles. The number of aliphatic carboxylic acids is 2. The van der Waals surface area contributed by atoms with Gasteiger partial charge in [-0.3, -0.25) is 9.59 Å². The van der Waals surface area contributed by atoms with E-state index in [9.17, 15) is 24.3 Å². The minimum atomic E-state index is -3.06. The zero-order chi connectivity index (χ0) is 17.5. The van der Waals surface area contributed by atoms with E-state index in [0.29, 0.717) is 0 Å². The lowest BCUT2D eigenvalue weighted by Crippen LogP contribution is -2.51. The SMILES string of the molecule is CC=CC(C(=O)OC(=O)C(O)CO)C(O)(CC(=O)O)C(=O)O. The molecule has 0 saturated heterocycles. The number of ether oxygens (including phenoxy) is 1. The number of carboxylic acids is 2. The number of esters is 2. The predicted molar refractivity (Wildman–Crippen MR) is 67.3 cm³/mol. The Morgan fingerprint density at radius 3 is 2.09 bits per heavy atom. The highest BCUT2D eigenvalue weighted by atomic mass is 16.6. The van der Waals surface area contributed by atoms with Crippen molar-refractivity contribution in [3.63, 3.8) is 0 Å². The van der Waals surface area contributed by atoms with Crippen molar-refractivity contribution in [2.75, 3.05) is 6.61 Å². The molecule has 3 unspecified atom stereocenters. The lowest BCUT2D eigenvalue weighted by molar-refractivity contribution is -0.182. The van der Waals surface area contributed by atoms with Crippen LogP contribution in [0.1, 0.15) is 13.3 Å². The first kappa shape index (κ1) is 19.7. The first-order valence-corrected chi connectivity index (χ1v) is 5.95. The van der Waals surface area contributed by atoms with E-state index >= 15 is 0 Å². The fourth-order valence-corrected chi connectivity index (χ4v) is 1.48. The summed E-state index contributed by atoms with van der Waals surface area (Å²) in [5.74, 6) is -8.87. The van der Waals surface area contributed by atoms with Crippen molar-refractivity contribution in [3.05, 3.63) is 12.2 Å². The first-order valence-electron chi connectivity index (χ1n) is 5.95. The van der Waals surface area contributed by atoms with Crippen molar-refractivity contribution in [1.82, 2.24) is 0 Å². The summed E-state index contributed by atoms with van der Waals surface area (Å²) < 4.78 is 4.14. The number of carbonyl (C=O) groups excluding carboxylic acids is 2. The van der Waals surface area contributed by atoms with Gasteiger partial charge in [-0.05, 0) is 6.92 Å². The topological polar surface area (TPSA) is 179 Å². The molecule has 0 aromatic rings. The number of carboxylic acid groups (broad SMARTS) is 2. The fraction of sp³-hybridized carbons (Fsp3) is 0.500. The Kier molecular flexibility index (Phi) is 7.36. The summed E-state index contributed by atoms with van der Waals surface area (Å²) in [6.45, 7) is 0.312. The van der Waals surface area contributed by atoms with Gasteiger partial charge in [0.05, 0.1) is 13.0 Å². The highest BCUT2D eigenvalue weighted by Gasteiger charge is 2.50. The van der Waals surface area contributed by atoms with E-state index < -0.39 is 54.5 Å². The third-order valence-corrected chi connectivity index (χ3v) is 2.59. The minimum absolute atomic E-state index is 0.845. The van der Waals surface area contributed by atoms with Gasteiger partial charge in [0.1, 0.15) is 5.92 Å². The molecule has 0 amide bonds. The number of allylic oxidation sites excluding steroid dienone is 1. The van der Waals surface area contributed by atoms with Crippen molar-refractivity contribution in [2.45, 2.75) is 25.0 Å². The van der Waals surface area contributed by atoms with Crippen molar-refractivity contribution in [1.29, 1.82) is 0 Å². The standard InChI is InChI=1S/C12H16O10/c1-2-3-6(9(17)22-10(18)7(14)5-13)12(21,11(19)20)4-8(15)16/h2-3,6-7,13-14,21H,4-5H2,1H3,(H,15,16)(H,19,20). The van der Waals surface area contributed by atoms with E-state index in [1.165, 1.54) is 6.92 Å². The molecule has 0 aliphatic rings. The van der Waals surface area contributed by atoms with Crippen LogP contribution in [0.25, 0.3) is 0 Å². The normalized spacial score (nSPS) is 16.5. The largest absolute Gasteiger partial charge is 0.481 e. The first-order chi connectivity index (χ1) is 10.1. The van der Waals surface area contributed by atoms with Crippen LogP contribution in [-0.2, 0) is 23.9 Å². The fourth-order valence-electron chi connectivity index (χ4n) is 1.48. The second kappa shape index (κ2) is 8.22. The van der Waals surface area contributed by atoms with Gasteiger partial charge in [-0.1, -0.05) is 12.2 Å². The summed E-state index contributed by atoms with van der Waals surface area (Å²) in [5.41, 5.74) is -3.06. The Hall–Kier alpha value is -2.30. The number of hydrogen-bond donors (Lipinski definition) is 5. The van der Waals surface area contributed by atoms with Gasteiger partial charge in [-0.25, -0.2) is 9.59 Å². The van der Waals surface area contributed by atoms with Crippen LogP contribution in [0.3, 0.4) is 0 Å².